The topological polar surface area (TPSA) is 88.4 Å². The lowest BCUT2D eigenvalue weighted by atomic mass is 10.0. The predicted octanol–water partition coefficient (Wildman–Crippen LogP) is 1.41. The van der Waals surface area contributed by atoms with Crippen LogP contribution in [0.15, 0.2) is 30.6 Å². The van der Waals surface area contributed by atoms with Crippen LogP contribution in [-0.4, -0.2) is 61.7 Å². The standard InChI is InChI=1S/C17H20N6O2/c1-11-19-16(21-20-11)12-6-8-25-14(12)10-22(2)17(24)13-9-18-15-5-3-4-7-23(13)15/h3-5,7,9,12,14H,6,8,10H2,1-2H3,(H,19,20,21)/t12-,14-/m1/s1. The molecule has 1 saturated heterocycles. The fourth-order valence-corrected chi connectivity index (χ4v) is 3.29. The Morgan fingerprint density at radius 3 is 3.16 bits per heavy atom. The fourth-order valence-electron chi connectivity index (χ4n) is 3.29. The summed E-state index contributed by atoms with van der Waals surface area (Å²) in [6.45, 7) is 3.01. The zero-order valence-electron chi connectivity index (χ0n) is 14.2. The number of H-pyrrole nitrogens is 1. The number of carbonyl (C=O) groups excluding carboxylic acids is 1. The van der Waals surface area contributed by atoms with Gasteiger partial charge in [-0.1, -0.05) is 6.07 Å². The highest BCUT2D eigenvalue weighted by atomic mass is 16.5. The van der Waals surface area contributed by atoms with Gasteiger partial charge in [0.15, 0.2) is 5.82 Å². The van der Waals surface area contributed by atoms with Crippen LogP contribution in [0, 0.1) is 6.92 Å². The third-order valence-electron chi connectivity index (χ3n) is 4.59. The molecule has 130 valence electrons. The van der Waals surface area contributed by atoms with Gasteiger partial charge < -0.3 is 9.64 Å². The quantitative estimate of drug-likeness (QED) is 0.776. The molecule has 0 aromatic carbocycles. The van der Waals surface area contributed by atoms with Crippen LogP contribution >= 0.6 is 0 Å². The second-order valence-electron chi connectivity index (χ2n) is 6.34. The van der Waals surface area contributed by atoms with Crippen LogP contribution in [0.4, 0.5) is 0 Å². The molecule has 3 aromatic heterocycles. The first-order valence-electron chi connectivity index (χ1n) is 8.31. The number of likely N-dealkylation sites (N-methyl/N-ethyl adjacent to an activating group) is 1. The van der Waals surface area contributed by atoms with Crippen molar-refractivity contribution in [1.29, 1.82) is 0 Å². The number of pyridine rings is 1. The molecule has 25 heavy (non-hydrogen) atoms. The highest BCUT2D eigenvalue weighted by molar-refractivity contribution is 5.93. The summed E-state index contributed by atoms with van der Waals surface area (Å²) in [6.07, 6.45) is 4.21. The lowest BCUT2D eigenvalue weighted by Crippen LogP contribution is -2.37. The molecule has 0 saturated carbocycles. The summed E-state index contributed by atoms with van der Waals surface area (Å²) in [5.41, 5.74) is 1.30. The van der Waals surface area contributed by atoms with E-state index in [1.807, 2.05) is 31.3 Å². The molecule has 1 N–H and O–H groups in total. The second-order valence-corrected chi connectivity index (χ2v) is 6.34. The molecule has 8 heteroatoms. The first kappa shape index (κ1) is 15.8. The minimum absolute atomic E-state index is 0.0842. The summed E-state index contributed by atoms with van der Waals surface area (Å²) >= 11 is 0. The molecule has 0 radical (unpaired) electrons. The molecular weight excluding hydrogens is 320 g/mol. The normalized spacial score (nSPS) is 20.2. The molecule has 3 aromatic rings. The van der Waals surface area contributed by atoms with Crippen molar-refractivity contribution < 1.29 is 9.53 Å². The number of nitrogens with one attached hydrogen (secondary N) is 1. The van der Waals surface area contributed by atoms with Gasteiger partial charge in [-0.25, -0.2) is 9.97 Å². The minimum Gasteiger partial charge on any atom is -0.376 e. The third-order valence-corrected chi connectivity index (χ3v) is 4.59. The first-order valence-corrected chi connectivity index (χ1v) is 8.31. The molecule has 4 heterocycles. The number of hydrogen-bond donors (Lipinski definition) is 1. The molecule has 1 fully saturated rings. The molecular formula is C17H20N6O2. The number of rotatable bonds is 4. The molecule has 0 aliphatic carbocycles. The van der Waals surface area contributed by atoms with Crippen molar-refractivity contribution >= 4 is 11.6 Å². The van der Waals surface area contributed by atoms with E-state index in [9.17, 15) is 4.79 Å². The van der Waals surface area contributed by atoms with E-state index >= 15 is 0 Å². The van der Waals surface area contributed by atoms with Crippen LogP contribution in [0.1, 0.15) is 34.5 Å². The van der Waals surface area contributed by atoms with Crippen LogP contribution in [0.25, 0.3) is 5.65 Å². The Morgan fingerprint density at radius 2 is 2.36 bits per heavy atom. The van der Waals surface area contributed by atoms with E-state index in [1.54, 1.807) is 22.5 Å². The SMILES string of the molecule is Cc1nc([C@@H]2CCO[C@@H]2CN(C)C(=O)c2cnc3ccccn23)n[nH]1. The lowest BCUT2D eigenvalue weighted by Gasteiger charge is -2.23. The van der Waals surface area contributed by atoms with Crippen LogP contribution in [-0.2, 0) is 4.74 Å². The van der Waals surface area contributed by atoms with Crippen molar-refractivity contribution in [3.8, 4) is 0 Å². The van der Waals surface area contributed by atoms with Gasteiger partial charge in [-0.15, -0.1) is 0 Å². The Labute approximate surface area is 144 Å². The number of aromatic amines is 1. The number of aromatic nitrogens is 5. The largest absolute Gasteiger partial charge is 0.376 e. The van der Waals surface area contributed by atoms with Gasteiger partial charge in [0.2, 0.25) is 0 Å². The van der Waals surface area contributed by atoms with Gasteiger partial charge >= 0.3 is 0 Å². The Balaban J connectivity index is 1.51. The van der Waals surface area contributed by atoms with Crippen molar-refractivity contribution in [3.63, 3.8) is 0 Å². The van der Waals surface area contributed by atoms with Crippen molar-refractivity contribution in [3.05, 3.63) is 47.9 Å². The highest BCUT2D eigenvalue weighted by Gasteiger charge is 2.34. The van der Waals surface area contributed by atoms with Gasteiger partial charge in [-0.05, 0) is 25.5 Å². The van der Waals surface area contributed by atoms with Gasteiger partial charge in [0.25, 0.3) is 5.91 Å². The fraction of sp³-hybridized carbons (Fsp3) is 0.412. The molecule has 8 nitrogen and oxygen atoms in total. The van der Waals surface area contributed by atoms with Gasteiger partial charge in [0.05, 0.1) is 18.2 Å². The Kier molecular flexibility index (Phi) is 3.96. The third kappa shape index (κ3) is 2.89. The molecule has 1 aliphatic rings. The van der Waals surface area contributed by atoms with Gasteiger partial charge in [0.1, 0.15) is 17.2 Å². The monoisotopic (exact) mass is 340 g/mol. The van der Waals surface area contributed by atoms with E-state index in [-0.39, 0.29) is 17.9 Å². The number of amides is 1. The summed E-state index contributed by atoms with van der Waals surface area (Å²) in [6, 6.07) is 5.65. The number of nitrogens with zero attached hydrogens (tertiary/aromatic N) is 5. The Hall–Kier alpha value is -2.74. The summed E-state index contributed by atoms with van der Waals surface area (Å²) in [7, 11) is 1.78. The molecule has 0 spiro atoms. The maximum Gasteiger partial charge on any atom is 0.272 e. The van der Waals surface area contributed by atoms with Gasteiger partial charge in [-0.3, -0.25) is 14.3 Å². The minimum atomic E-state index is -0.108. The van der Waals surface area contributed by atoms with E-state index in [0.29, 0.717) is 18.8 Å². The highest BCUT2D eigenvalue weighted by Crippen LogP contribution is 2.29. The van der Waals surface area contributed by atoms with Gasteiger partial charge in [-0.2, -0.15) is 5.10 Å². The van der Waals surface area contributed by atoms with Gasteiger partial charge in [0, 0.05) is 26.4 Å². The summed E-state index contributed by atoms with van der Waals surface area (Å²) < 4.78 is 7.64. The van der Waals surface area contributed by atoms with Crippen LogP contribution in [0.3, 0.4) is 0 Å². The smallest absolute Gasteiger partial charge is 0.272 e. The Morgan fingerprint density at radius 1 is 1.48 bits per heavy atom. The van der Waals surface area contributed by atoms with Crippen LogP contribution in [0.2, 0.25) is 0 Å². The van der Waals surface area contributed by atoms with E-state index in [2.05, 4.69) is 20.2 Å². The zero-order valence-corrected chi connectivity index (χ0v) is 14.2. The van der Waals surface area contributed by atoms with Crippen molar-refractivity contribution in [2.75, 3.05) is 20.2 Å². The average Bonchev–Trinajstić information content (AvgIpc) is 3.33. The summed E-state index contributed by atoms with van der Waals surface area (Å²) in [5.74, 6) is 1.56. The molecule has 1 amide bonds. The van der Waals surface area contributed by atoms with E-state index in [1.165, 1.54) is 0 Å². The number of imidazole rings is 1. The maximum atomic E-state index is 12.8. The maximum absolute atomic E-state index is 12.8. The summed E-state index contributed by atoms with van der Waals surface area (Å²) in [5, 5.41) is 7.13. The number of ether oxygens (including phenoxy) is 1. The Bertz CT molecular complexity index is 901. The van der Waals surface area contributed by atoms with E-state index in [4.69, 9.17) is 4.74 Å². The lowest BCUT2D eigenvalue weighted by molar-refractivity contribution is 0.0545. The van der Waals surface area contributed by atoms with E-state index in [0.717, 1.165) is 23.7 Å². The van der Waals surface area contributed by atoms with Crippen molar-refractivity contribution in [2.24, 2.45) is 0 Å². The molecule has 0 unspecified atom stereocenters. The van der Waals surface area contributed by atoms with Crippen molar-refractivity contribution in [1.82, 2.24) is 29.5 Å². The van der Waals surface area contributed by atoms with Crippen LogP contribution in [0.5, 0.6) is 0 Å². The number of carbonyl (C=O) groups is 1. The average molecular weight is 340 g/mol. The predicted molar refractivity (Wildman–Crippen MR) is 90.4 cm³/mol. The summed E-state index contributed by atoms with van der Waals surface area (Å²) in [4.78, 5) is 23.2. The number of hydrogen-bond acceptors (Lipinski definition) is 5. The molecule has 4 rings (SSSR count). The second kappa shape index (κ2) is 6.29. The first-order chi connectivity index (χ1) is 12.1. The number of fused-ring (bicyclic) bond motifs is 1. The molecule has 2 atom stereocenters. The molecule has 1 aliphatic heterocycles. The zero-order chi connectivity index (χ0) is 17.4. The van der Waals surface area contributed by atoms with Crippen molar-refractivity contribution in [2.45, 2.75) is 25.4 Å². The molecule has 0 bridgehead atoms. The van der Waals surface area contributed by atoms with Crippen LogP contribution < -0.4 is 0 Å². The number of aryl methyl sites for hydroxylation is 1. The van der Waals surface area contributed by atoms with E-state index < -0.39 is 0 Å².